The van der Waals surface area contributed by atoms with E-state index in [1.165, 1.54) is 32.2 Å². The Labute approximate surface area is 106 Å². The second kappa shape index (κ2) is 6.17. The summed E-state index contributed by atoms with van der Waals surface area (Å²) in [6, 6.07) is 0. The first-order valence-electron chi connectivity index (χ1n) is 7.25. The monoisotopic (exact) mass is 240 g/mol. The Morgan fingerprint density at radius 3 is 2.41 bits per heavy atom. The van der Waals surface area contributed by atoms with Crippen LogP contribution in [0.3, 0.4) is 0 Å². The lowest BCUT2D eigenvalue weighted by atomic mass is 9.94. The molecule has 17 heavy (non-hydrogen) atoms. The molecule has 3 heteroatoms. The molecule has 0 amide bonds. The predicted octanol–water partition coefficient (Wildman–Crippen LogP) is 1.86. The van der Waals surface area contributed by atoms with E-state index in [1.54, 1.807) is 0 Å². The first-order valence-corrected chi connectivity index (χ1v) is 7.25. The molecule has 0 radical (unpaired) electrons. The molecule has 2 rings (SSSR count). The zero-order valence-corrected chi connectivity index (χ0v) is 11.4. The Bertz CT molecular complexity index is 220. The second-order valence-corrected chi connectivity index (χ2v) is 6.24. The standard InChI is InChI=1S/C14H28N2O/c1-11(2)7-12(8-15)5-6-16-9-13-3-4-14(10-16)17-13/h11-14H,3-10,15H2,1-2H3/t12-,13?,14?/m1/s1. The van der Waals surface area contributed by atoms with Gasteiger partial charge in [0.25, 0.3) is 0 Å². The maximum Gasteiger partial charge on any atom is 0.0707 e. The summed E-state index contributed by atoms with van der Waals surface area (Å²) >= 11 is 0. The molecule has 0 spiro atoms. The van der Waals surface area contributed by atoms with E-state index in [-0.39, 0.29) is 0 Å². The number of rotatable bonds is 6. The van der Waals surface area contributed by atoms with E-state index in [0.29, 0.717) is 18.1 Å². The van der Waals surface area contributed by atoms with Gasteiger partial charge in [-0.1, -0.05) is 13.8 Å². The zero-order chi connectivity index (χ0) is 12.3. The fourth-order valence-corrected chi connectivity index (χ4v) is 3.25. The SMILES string of the molecule is CC(C)C[C@H](CN)CCN1CC2CCC(C1)O2. The molecule has 0 aliphatic carbocycles. The molecule has 3 atom stereocenters. The molecule has 2 aliphatic heterocycles. The van der Waals surface area contributed by atoms with Crippen molar-refractivity contribution in [1.29, 1.82) is 0 Å². The van der Waals surface area contributed by atoms with Crippen LogP contribution in [0.1, 0.15) is 39.5 Å². The number of hydrogen-bond acceptors (Lipinski definition) is 3. The molecule has 0 aromatic heterocycles. The number of fused-ring (bicyclic) bond motifs is 2. The average molecular weight is 240 g/mol. The molecule has 2 heterocycles. The molecule has 100 valence electrons. The minimum atomic E-state index is 0.523. The molecular weight excluding hydrogens is 212 g/mol. The van der Waals surface area contributed by atoms with Crippen molar-refractivity contribution in [2.75, 3.05) is 26.2 Å². The Kier molecular flexibility index (Phi) is 4.83. The van der Waals surface area contributed by atoms with Gasteiger partial charge in [0.05, 0.1) is 12.2 Å². The van der Waals surface area contributed by atoms with E-state index in [2.05, 4.69) is 18.7 Å². The molecule has 2 bridgehead atoms. The maximum atomic E-state index is 5.86. The van der Waals surface area contributed by atoms with Crippen molar-refractivity contribution >= 4 is 0 Å². The van der Waals surface area contributed by atoms with Crippen LogP contribution >= 0.6 is 0 Å². The summed E-state index contributed by atoms with van der Waals surface area (Å²) in [4.78, 5) is 2.59. The Hall–Kier alpha value is -0.120. The molecule has 2 fully saturated rings. The van der Waals surface area contributed by atoms with Crippen molar-refractivity contribution in [2.45, 2.75) is 51.7 Å². The van der Waals surface area contributed by atoms with E-state index in [0.717, 1.165) is 25.6 Å². The van der Waals surface area contributed by atoms with Gasteiger partial charge in [-0.25, -0.2) is 0 Å². The quantitative estimate of drug-likeness (QED) is 0.770. The molecule has 0 aromatic carbocycles. The lowest BCUT2D eigenvalue weighted by Crippen LogP contribution is -2.43. The third-order valence-electron chi connectivity index (χ3n) is 4.11. The minimum Gasteiger partial charge on any atom is -0.372 e. The van der Waals surface area contributed by atoms with E-state index in [1.807, 2.05) is 0 Å². The lowest BCUT2D eigenvalue weighted by Gasteiger charge is -2.33. The summed E-state index contributed by atoms with van der Waals surface area (Å²) in [5.74, 6) is 1.47. The van der Waals surface area contributed by atoms with Gasteiger partial charge >= 0.3 is 0 Å². The molecule has 3 nitrogen and oxygen atoms in total. The van der Waals surface area contributed by atoms with E-state index in [4.69, 9.17) is 10.5 Å². The third-order valence-corrected chi connectivity index (χ3v) is 4.11. The number of morpholine rings is 1. The van der Waals surface area contributed by atoms with Crippen LogP contribution in [0.5, 0.6) is 0 Å². The van der Waals surface area contributed by atoms with Gasteiger partial charge in [-0.3, -0.25) is 4.90 Å². The summed E-state index contributed by atoms with van der Waals surface area (Å²) in [7, 11) is 0. The first-order chi connectivity index (χ1) is 8.17. The smallest absolute Gasteiger partial charge is 0.0707 e. The summed E-state index contributed by atoms with van der Waals surface area (Å²) in [6.07, 6.45) is 6.12. The Morgan fingerprint density at radius 2 is 1.88 bits per heavy atom. The third kappa shape index (κ3) is 3.94. The van der Waals surface area contributed by atoms with Gasteiger partial charge in [0, 0.05) is 13.1 Å². The largest absolute Gasteiger partial charge is 0.372 e. The summed E-state index contributed by atoms with van der Waals surface area (Å²) in [5.41, 5.74) is 5.86. The number of hydrogen-bond donors (Lipinski definition) is 1. The fourth-order valence-electron chi connectivity index (χ4n) is 3.25. The number of nitrogens with zero attached hydrogens (tertiary/aromatic N) is 1. The molecule has 2 N–H and O–H groups in total. The van der Waals surface area contributed by atoms with Crippen LogP contribution in [-0.2, 0) is 4.74 Å². The van der Waals surface area contributed by atoms with Crippen LogP contribution in [0, 0.1) is 11.8 Å². The van der Waals surface area contributed by atoms with Crippen LogP contribution in [-0.4, -0.2) is 43.3 Å². The molecule has 2 unspecified atom stereocenters. The second-order valence-electron chi connectivity index (χ2n) is 6.24. The van der Waals surface area contributed by atoms with Gasteiger partial charge < -0.3 is 10.5 Å². The molecule has 2 saturated heterocycles. The highest BCUT2D eigenvalue weighted by Gasteiger charge is 2.33. The topological polar surface area (TPSA) is 38.5 Å². The summed E-state index contributed by atoms with van der Waals surface area (Å²) in [6.45, 7) is 8.93. The van der Waals surface area contributed by atoms with Gasteiger partial charge in [0.15, 0.2) is 0 Å². The maximum absolute atomic E-state index is 5.86. The summed E-state index contributed by atoms with van der Waals surface area (Å²) < 4.78 is 5.86. The Morgan fingerprint density at radius 1 is 1.24 bits per heavy atom. The van der Waals surface area contributed by atoms with E-state index < -0.39 is 0 Å². The number of nitrogens with two attached hydrogens (primary N) is 1. The predicted molar refractivity (Wildman–Crippen MR) is 71.0 cm³/mol. The zero-order valence-electron chi connectivity index (χ0n) is 11.4. The van der Waals surface area contributed by atoms with Gasteiger partial charge in [0.1, 0.15) is 0 Å². The van der Waals surface area contributed by atoms with Crippen molar-refractivity contribution in [3.8, 4) is 0 Å². The first kappa shape index (κ1) is 13.3. The highest BCUT2D eigenvalue weighted by molar-refractivity contribution is 4.85. The van der Waals surface area contributed by atoms with Crippen LogP contribution in [0.4, 0.5) is 0 Å². The van der Waals surface area contributed by atoms with E-state index >= 15 is 0 Å². The van der Waals surface area contributed by atoms with Crippen LogP contribution < -0.4 is 5.73 Å². The highest BCUT2D eigenvalue weighted by Crippen LogP contribution is 2.26. The van der Waals surface area contributed by atoms with Crippen molar-refractivity contribution in [3.05, 3.63) is 0 Å². The summed E-state index contributed by atoms with van der Waals surface area (Å²) in [5, 5.41) is 0. The highest BCUT2D eigenvalue weighted by atomic mass is 16.5. The van der Waals surface area contributed by atoms with Crippen molar-refractivity contribution < 1.29 is 4.74 Å². The van der Waals surface area contributed by atoms with Crippen LogP contribution in [0.15, 0.2) is 0 Å². The minimum absolute atomic E-state index is 0.523. The normalized spacial score (nSPS) is 31.1. The molecule has 2 aliphatic rings. The fraction of sp³-hybridized carbons (Fsp3) is 1.00. The molecular formula is C14H28N2O. The van der Waals surface area contributed by atoms with Gasteiger partial charge in [0.2, 0.25) is 0 Å². The van der Waals surface area contributed by atoms with E-state index in [9.17, 15) is 0 Å². The van der Waals surface area contributed by atoms with Gasteiger partial charge in [-0.05, 0) is 50.6 Å². The van der Waals surface area contributed by atoms with Crippen LogP contribution in [0.2, 0.25) is 0 Å². The van der Waals surface area contributed by atoms with Gasteiger partial charge in [-0.2, -0.15) is 0 Å². The van der Waals surface area contributed by atoms with Crippen molar-refractivity contribution in [3.63, 3.8) is 0 Å². The lowest BCUT2D eigenvalue weighted by molar-refractivity contribution is -0.0396. The van der Waals surface area contributed by atoms with Crippen LogP contribution in [0.25, 0.3) is 0 Å². The molecule has 0 aromatic rings. The van der Waals surface area contributed by atoms with Crippen molar-refractivity contribution in [1.82, 2.24) is 4.90 Å². The molecule has 0 saturated carbocycles. The Balaban J connectivity index is 1.70. The van der Waals surface area contributed by atoms with Crippen molar-refractivity contribution in [2.24, 2.45) is 17.6 Å². The average Bonchev–Trinajstić information content (AvgIpc) is 2.63. The number of ether oxygens (including phenoxy) is 1. The number of likely N-dealkylation sites (tertiary alicyclic amines) is 1. The van der Waals surface area contributed by atoms with Gasteiger partial charge in [-0.15, -0.1) is 0 Å².